The van der Waals surface area contributed by atoms with Crippen LogP contribution in [0.4, 0.5) is 0 Å². The van der Waals surface area contributed by atoms with Crippen molar-refractivity contribution >= 4 is 11.6 Å². The van der Waals surface area contributed by atoms with Gasteiger partial charge < -0.3 is 5.11 Å². The Hall–Kier alpha value is 0.210. The lowest BCUT2D eigenvalue weighted by molar-refractivity contribution is 0.0741. The largest absolute Gasteiger partial charge is 0.392 e. The molecule has 1 N–H and O–H groups in total. The van der Waals surface area contributed by atoms with Crippen molar-refractivity contribution < 1.29 is 5.11 Å². The van der Waals surface area contributed by atoms with Crippen LogP contribution in [0, 0.1) is 0 Å². The van der Waals surface area contributed by atoms with Crippen LogP contribution in [0.5, 0.6) is 0 Å². The molecule has 0 spiro atoms. The minimum atomic E-state index is -0.114. The Labute approximate surface area is 66.8 Å². The van der Waals surface area contributed by atoms with Crippen molar-refractivity contribution in [3.8, 4) is 0 Å². The van der Waals surface area contributed by atoms with Gasteiger partial charge in [-0.1, -0.05) is 0 Å². The Morgan fingerprint density at radius 3 is 3.00 bits per heavy atom. The van der Waals surface area contributed by atoms with E-state index in [4.69, 9.17) is 11.6 Å². The molecule has 0 amide bonds. The lowest BCUT2D eigenvalue weighted by Crippen LogP contribution is -2.39. The second-order valence-corrected chi connectivity index (χ2v) is 3.16. The van der Waals surface area contributed by atoms with E-state index in [0.29, 0.717) is 5.88 Å². The number of alkyl halides is 1. The van der Waals surface area contributed by atoms with Gasteiger partial charge in [-0.05, 0) is 19.4 Å². The second-order valence-electron chi connectivity index (χ2n) is 2.79. The van der Waals surface area contributed by atoms with Gasteiger partial charge in [-0.25, -0.2) is 0 Å². The summed E-state index contributed by atoms with van der Waals surface area (Å²) in [5.41, 5.74) is 0. The van der Waals surface area contributed by atoms with Crippen LogP contribution < -0.4 is 0 Å². The Morgan fingerprint density at radius 1 is 1.60 bits per heavy atom. The van der Waals surface area contributed by atoms with Gasteiger partial charge >= 0.3 is 0 Å². The summed E-state index contributed by atoms with van der Waals surface area (Å²) in [6.45, 7) is 2.83. The minimum Gasteiger partial charge on any atom is -0.392 e. The van der Waals surface area contributed by atoms with E-state index in [0.717, 1.165) is 32.5 Å². The van der Waals surface area contributed by atoms with Crippen LogP contribution in [0.15, 0.2) is 0 Å². The van der Waals surface area contributed by atoms with E-state index in [1.807, 2.05) is 0 Å². The highest BCUT2D eigenvalue weighted by molar-refractivity contribution is 6.18. The topological polar surface area (TPSA) is 23.5 Å². The SMILES string of the molecule is O[C@@H]1CCCN(CCCl)C1. The first kappa shape index (κ1) is 8.31. The fraction of sp³-hybridized carbons (Fsp3) is 1.00. The van der Waals surface area contributed by atoms with Crippen LogP contribution in [-0.4, -0.2) is 41.6 Å². The molecule has 0 aromatic rings. The van der Waals surface area contributed by atoms with Crippen LogP contribution in [0.1, 0.15) is 12.8 Å². The maximum Gasteiger partial charge on any atom is 0.0667 e. The molecule has 0 radical (unpaired) electrons. The molecule has 1 aliphatic rings. The molecule has 1 saturated heterocycles. The summed E-state index contributed by atoms with van der Waals surface area (Å²) in [7, 11) is 0. The molecule has 3 heteroatoms. The van der Waals surface area contributed by atoms with Crippen molar-refractivity contribution in [2.45, 2.75) is 18.9 Å². The lowest BCUT2D eigenvalue weighted by atomic mass is 10.1. The summed E-state index contributed by atoms with van der Waals surface area (Å²) in [6, 6.07) is 0. The number of likely N-dealkylation sites (tertiary alicyclic amines) is 1. The molecule has 0 aromatic heterocycles. The zero-order valence-electron chi connectivity index (χ0n) is 6.09. The highest BCUT2D eigenvalue weighted by Gasteiger charge is 2.15. The van der Waals surface area contributed by atoms with Gasteiger partial charge in [0, 0.05) is 19.0 Å². The normalized spacial score (nSPS) is 28.8. The number of aliphatic hydroxyl groups is 1. The molecule has 2 nitrogen and oxygen atoms in total. The third-order valence-electron chi connectivity index (χ3n) is 1.88. The van der Waals surface area contributed by atoms with Gasteiger partial charge in [-0.3, -0.25) is 4.90 Å². The standard InChI is InChI=1S/C7H14ClNO/c8-3-5-9-4-1-2-7(10)6-9/h7,10H,1-6H2/t7-/m1/s1. The smallest absolute Gasteiger partial charge is 0.0667 e. The van der Waals surface area contributed by atoms with Crippen LogP contribution in [0.3, 0.4) is 0 Å². The van der Waals surface area contributed by atoms with Crippen LogP contribution in [0.25, 0.3) is 0 Å². The van der Waals surface area contributed by atoms with Crippen molar-refractivity contribution in [3.05, 3.63) is 0 Å². The van der Waals surface area contributed by atoms with Crippen molar-refractivity contribution in [3.63, 3.8) is 0 Å². The third-order valence-corrected chi connectivity index (χ3v) is 2.05. The average Bonchev–Trinajstić information content (AvgIpc) is 1.88. The van der Waals surface area contributed by atoms with Crippen LogP contribution in [0.2, 0.25) is 0 Å². The Morgan fingerprint density at radius 2 is 2.40 bits per heavy atom. The third kappa shape index (κ3) is 2.45. The van der Waals surface area contributed by atoms with Gasteiger partial charge in [0.2, 0.25) is 0 Å². The highest BCUT2D eigenvalue weighted by Crippen LogP contribution is 2.08. The second kappa shape index (κ2) is 4.16. The summed E-state index contributed by atoms with van der Waals surface area (Å²) < 4.78 is 0. The summed E-state index contributed by atoms with van der Waals surface area (Å²) in [5, 5.41) is 9.22. The Balaban J connectivity index is 2.18. The maximum atomic E-state index is 9.22. The molecular weight excluding hydrogens is 150 g/mol. The van der Waals surface area contributed by atoms with Gasteiger partial charge in [-0.15, -0.1) is 11.6 Å². The zero-order chi connectivity index (χ0) is 7.40. The molecule has 1 atom stereocenters. The van der Waals surface area contributed by atoms with E-state index in [2.05, 4.69) is 4.90 Å². The molecule has 0 bridgehead atoms. The summed E-state index contributed by atoms with van der Waals surface area (Å²) in [6.07, 6.45) is 1.95. The number of β-amino-alcohol motifs (C(OH)–C–C–N with tert-alkyl or cyclic N) is 1. The van der Waals surface area contributed by atoms with Crippen molar-refractivity contribution in [2.75, 3.05) is 25.5 Å². The Kier molecular flexibility index (Phi) is 3.46. The van der Waals surface area contributed by atoms with E-state index in [1.54, 1.807) is 0 Å². The minimum absolute atomic E-state index is 0.114. The van der Waals surface area contributed by atoms with Crippen LogP contribution in [-0.2, 0) is 0 Å². The zero-order valence-corrected chi connectivity index (χ0v) is 6.85. The number of hydrogen-bond acceptors (Lipinski definition) is 2. The fourth-order valence-electron chi connectivity index (χ4n) is 1.35. The number of halogens is 1. The maximum absolute atomic E-state index is 9.22. The molecule has 1 rings (SSSR count). The molecule has 0 unspecified atom stereocenters. The molecule has 60 valence electrons. The van der Waals surface area contributed by atoms with Gasteiger partial charge in [-0.2, -0.15) is 0 Å². The van der Waals surface area contributed by atoms with Gasteiger partial charge in [0.1, 0.15) is 0 Å². The first-order chi connectivity index (χ1) is 4.83. The number of piperidine rings is 1. The van der Waals surface area contributed by atoms with Gasteiger partial charge in [0.15, 0.2) is 0 Å². The van der Waals surface area contributed by atoms with Gasteiger partial charge in [0.25, 0.3) is 0 Å². The fourth-order valence-corrected chi connectivity index (χ4v) is 1.59. The van der Waals surface area contributed by atoms with Crippen molar-refractivity contribution in [2.24, 2.45) is 0 Å². The number of rotatable bonds is 2. The molecule has 0 aliphatic carbocycles. The van der Waals surface area contributed by atoms with E-state index in [-0.39, 0.29) is 6.10 Å². The number of hydrogen-bond donors (Lipinski definition) is 1. The molecular formula is C7H14ClNO. The van der Waals surface area contributed by atoms with Crippen molar-refractivity contribution in [1.82, 2.24) is 4.90 Å². The van der Waals surface area contributed by atoms with Crippen LogP contribution >= 0.6 is 11.6 Å². The van der Waals surface area contributed by atoms with E-state index in [1.165, 1.54) is 0 Å². The predicted molar refractivity (Wildman–Crippen MR) is 42.4 cm³/mol. The molecule has 1 fully saturated rings. The number of nitrogens with zero attached hydrogens (tertiary/aromatic N) is 1. The summed E-state index contributed by atoms with van der Waals surface area (Å²) in [4.78, 5) is 2.21. The van der Waals surface area contributed by atoms with Gasteiger partial charge in [0.05, 0.1) is 6.10 Å². The first-order valence-corrected chi connectivity index (χ1v) is 4.33. The molecule has 0 saturated carbocycles. The quantitative estimate of drug-likeness (QED) is 0.606. The molecule has 1 aliphatic heterocycles. The van der Waals surface area contributed by atoms with E-state index >= 15 is 0 Å². The Bertz CT molecular complexity index is 97.6. The summed E-state index contributed by atoms with van der Waals surface area (Å²) >= 11 is 5.56. The van der Waals surface area contributed by atoms with E-state index < -0.39 is 0 Å². The summed E-state index contributed by atoms with van der Waals surface area (Å²) in [5.74, 6) is 0.673. The molecule has 1 heterocycles. The first-order valence-electron chi connectivity index (χ1n) is 3.79. The number of aliphatic hydroxyl groups excluding tert-OH is 1. The predicted octanol–water partition coefficient (Wildman–Crippen LogP) is 0.682. The highest BCUT2D eigenvalue weighted by atomic mass is 35.5. The molecule has 0 aromatic carbocycles. The monoisotopic (exact) mass is 163 g/mol. The molecule has 10 heavy (non-hydrogen) atoms. The lowest BCUT2D eigenvalue weighted by Gasteiger charge is -2.29. The average molecular weight is 164 g/mol. The van der Waals surface area contributed by atoms with Crippen molar-refractivity contribution in [1.29, 1.82) is 0 Å². The van der Waals surface area contributed by atoms with E-state index in [9.17, 15) is 5.11 Å².